The van der Waals surface area contributed by atoms with Crippen LogP contribution in [-0.2, 0) is 6.42 Å². The maximum atomic E-state index is 5.81. The summed E-state index contributed by atoms with van der Waals surface area (Å²) in [4.78, 5) is 4.12. The van der Waals surface area contributed by atoms with Gasteiger partial charge in [-0.25, -0.2) is 0 Å². The lowest BCUT2D eigenvalue weighted by molar-refractivity contribution is 0.179. The van der Waals surface area contributed by atoms with E-state index in [1.807, 2.05) is 0 Å². The zero-order valence-corrected chi connectivity index (χ0v) is 11.7. The van der Waals surface area contributed by atoms with E-state index in [0.717, 1.165) is 17.7 Å². The molecule has 0 radical (unpaired) electrons. The van der Waals surface area contributed by atoms with Crippen LogP contribution in [-0.4, -0.2) is 36.3 Å². The van der Waals surface area contributed by atoms with Crippen molar-refractivity contribution in [3.63, 3.8) is 0 Å². The van der Waals surface area contributed by atoms with Gasteiger partial charge in [0.15, 0.2) is 0 Å². The van der Waals surface area contributed by atoms with Gasteiger partial charge >= 0.3 is 0 Å². The van der Waals surface area contributed by atoms with Crippen molar-refractivity contribution in [1.82, 2.24) is 4.90 Å². The maximum absolute atomic E-state index is 5.81. The third-order valence-corrected chi connectivity index (χ3v) is 5.41. The molecule has 2 heterocycles. The van der Waals surface area contributed by atoms with Crippen LogP contribution in [0.2, 0.25) is 0 Å². The molecule has 3 heteroatoms. The number of fused-ring (bicyclic) bond motifs is 1. The lowest BCUT2D eigenvalue weighted by atomic mass is 9.98. The largest absolute Gasteiger partial charge is 0.330 e. The first-order valence-electron chi connectivity index (χ1n) is 7.02. The fourth-order valence-corrected chi connectivity index (χ4v) is 4.52. The molecule has 98 valence electrons. The molecule has 2 unspecified atom stereocenters. The number of nitrogens with two attached hydrogens (primary N) is 1. The van der Waals surface area contributed by atoms with Crippen LogP contribution in [0.15, 0.2) is 29.2 Å². The first kappa shape index (κ1) is 12.5. The highest BCUT2D eigenvalue weighted by Crippen LogP contribution is 2.37. The summed E-state index contributed by atoms with van der Waals surface area (Å²) >= 11 is 2.07. The minimum atomic E-state index is 0.729. The average Bonchev–Trinajstić information content (AvgIpc) is 2.81. The van der Waals surface area contributed by atoms with E-state index in [1.165, 1.54) is 43.8 Å². The molecule has 0 spiro atoms. The van der Waals surface area contributed by atoms with Crippen molar-refractivity contribution in [3.8, 4) is 0 Å². The molecule has 3 rings (SSSR count). The molecule has 1 aromatic carbocycles. The number of nitrogens with zero attached hydrogens (tertiary/aromatic N) is 1. The number of piperidine rings is 1. The summed E-state index contributed by atoms with van der Waals surface area (Å²) in [7, 11) is 0. The van der Waals surface area contributed by atoms with Gasteiger partial charge in [-0.3, -0.25) is 0 Å². The van der Waals surface area contributed by atoms with Gasteiger partial charge in [0, 0.05) is 23.2 Å². The van der Waals surface area contributed by atoms with Crippen molar-refractivity contribution in [2.24, 2.45) is 11.7 Å². The highest BCUT2D eigenvalue weighted by atomic mass is 32.2. The Balaban J connectivity index is 1.56. The normalized spacial score (nSPS) is 28.3. The van der Waals surface area contributed by atoms with Gasteiger partial charge in [-0.1, -0.05) is 18.2 Å². The van der Waals surface area contributed by atoms with E-state index < -0.39 is 0 Å². The molecular weight excluding hydrogens is 240 g/mol. The van der Waals surface area contributed by atoms with Gasteiger partial charge in [-0.05, 0) is 49.9 Å². The summed E-state index contributed by atoms with van der Waals surface area (Å²) in [5, 5.41) is 0.749. The Morgan fingerprint density at radius 2 is 2.22 bits per heavy atom. The monoisotopic (exact) mass is 262 g/mol. The molecule has 2 aliphatic heterocycles. The molecule has 1 fully saturated rings. The fourth-order valence-electron chi connectivity index (χ4n) is 3.15. The summed E-state index contributed by atoms with van der Waals surface area (Å²) in [5.41, 5.74) is 7.35. The van der Waals surface area contributed by atoms with Crippen LogP contribution in [0.4, 0.5) is 0 Å². The van der Waals surface area contributed by atoms with Gasteiger partial charge in [-0.2, -0.15) is 0 Å². The van der Waals surface area contributed by atoms with Gasteiger partial charge in [0.25, 0.3) is 0 Å². The Hall–Kier alpha value is -0.510. The van der Waals surface area contributed by atoms with Crippen LogP contribution in [0.25, 0.3) is 0 Å². The quantitative estimate of drug-likeness (QED) is 0.907. The Bertz CT molecular complexity index is 382. The molecule has 2 nitrogen and oxygen atoms in total. The minimum Gasteiger partial charge on any atom is -0.330 e. The van der Waals surface area contributed by atoms with E-state index in [2.05, 4.69) is 40.9 Å². The summed E-state index contributed by atoms with van der Waals surface area (Å²) in [6.07, 6.45) is 3.89. The second-order valence-corrected chi connectivity index (χ2v) is 6.90. The van der Waals surface area contributed by atoms with E-state index in [-0.39, 0.29) is 0 Å². The molecule has 0 bridgehead atoms. The second-order valence-electron chi connectivity index (χ2n) is 5.56. The van der Waals surface area contributed by atoms with Crippen molar-refractivity contribution in [2.75, 3.05) is 26.2 Å². The van der Waals surface area contributed by atoms with E-state index in [9.17, 15) is 0 Å². The molecule has 1 saturated heterocycles. The summed E-state index contributed by atoms with van der Waals surface area (Å²) in [6.45, 7) is 4.57. The van der Waals surface area contributed by atoms with Crippen LogP contribution in [0.1, 0.15) is 18.4 Å². The highest BCUT2D eigenvalue weighted by molar-refractivity contribution is 8.00. The van der Waals surface area contributed by atoms with E-state index in [4.69, 9.17) is 5.73 Å². The molecule has 2 N–H and O–H groups in total. The molecule has 2 aliphatic rings. The minimum absolute atomic E-state index is 0.729. The predicted molar refractivity (Wildman–Crippen MR) is 78.0 cm³/mol. The zero-order valence-electron chi connectivity index (χ0n) is 10.8. The number of hydrogen-bond donors (Lipinski definition) is 1. The molecule has 0 aliphatic carbocycles. The number of hydrogen-bond acceptors (Lipinski definition) is 3. The SMILES string of the molecule is NCC1CCCN(CC2Cc3ccccc3S2)C1. The van der Waals surface area contributed by atoms with E-state index >= 15 is 0 Å². The first-order valence-corrected chi connectivity index (χ1v) is 7.90. The Morgan fingerprint density at radius 3 is 3.06 bits per heavy atom. The highest BCUT2D eigenvalue weighted by Gasteiger charge is 2.26. The maximum Gasteiger partial charge on any atom is 0.0263 e. The third kappa shape index (κ3) is 2.73. The van der Waals surface area contributed by atoms with Gasteiger partial charge in [0.05, 0.1) is 0 Å². The molecule has 0 saturated carbocycles. The smallest absolute Gasteiger partial charge is 0.0263 e. The lowest BCUT2D eigenvalue weighted by Gasteiger charge is -2.33. The second kappa shape index (κ2) is 5.64. The molecular formula is C15H22N2S. The van der Waals surface area contributed by atoms with Crippen LogP contribution >= 0.6 is 11.8 Å². The fraction of sp³-hybridized carbons (Fsp3) is 0.600. The van der Waals surface area contributed by atoms with Gasteiger partial charge in [0.1, 0.15) is 0 Å². The standard InChI is InChI=1S/C15H22N2S/c16-9-12-4-3-7-17(10-12)11-14-8-13-5-1-2-6-15(13)18-14/h1-2,5-6,12,14H,3-4,7-11,16H2. The molecule has 1 aromatic rings. The van der Waals surface area contributed by atoms with E-state index in [0.29, 0.717) is 0 Å². The number of likely N-dealkylation sites (tertiary alicyclic amines) is 1. The van der Waals surface area contributed by atoms with Crippen molar-refractivity contribution in [3.05, 3.63) is 29.8 Å². The van der Waals surface area contributed by atoms with Crippen LogP contribution in [0.3, 0.4) is 0 Å². The van der Waals surface area contributed by atoms with E-state index in [1.54, 1.807) is 5.56 Å². The van der Waals surface area contributed by atoms with Crippen LogP contribution < -0.4 is 5.73 Å². The van der Waals surface area contributed by atoms with Crippen molar-refractivity contribution < 1.29 is 0 Å². The number of thioether (sulfide) groups is 1. The van der Waals surface area contributed by atoms with Gasteiger partial charge < -0.3 is 10.6 Å². The molecule has 0 aromatic heterocycles. The first-order chi connectivity index (χ1) is 8.85. The van der Waals surface area contributed by atoms with Gasteiger partial charge in [-0.15, -0.1) is 11.8 Å². The van der Waals surface area contributed by atoms with Crippen molar-refractivity contribution >= 4 is 11.8 Å². The molecule has 18 heavy (non-hydrogen) atoms. The summed E-state index contributed by atoms with van der Waals surface area (Å²) < 4.78 is 0. The molecule has 0 amide bonds. The lowest BCUT2D eigenvalue weighted by Crippen LogP contribution is -2.41. The Morgan fingerprint density at radius 1 is 1.33 bits per heavy atom. The Labute approximate surface area is 114 Å². The summed E-state index contributed by atoms with van der Waals surface area (Å²) in [6, 6.07) is 8.85. The number of benzene rings is 1. The van der Waals surface area contributed by atoms with Crippen LogP contribution in [0, 0.1) is 5.92 Å². The van der Waals surface area contributed by atoms with Crippen LogP contribution in [0.5, 0.6) is 0 Å². The Kier molecular flexibility index (Phi) is 3.92. The topological polar surface area (TPSA) is 29.3 Å². The number of rotatable bonds is 3. The molecule has 2 atom stereocenters. The zero-order chi connectivity index (χ0) is 12.4. The average molecular weight is 262 g/mol. The predicted octanol–water partition coefficient (Wildman–Crippen LogP) is 2.37. The summed E-state index contributed by atoms with van der Waals surface area (Å²) in [5.74, 6) is 0.729. The van der Waals surface area contributed by atoms with Gasteiger partial charge in [0.2, 0.25) is 0 Å². The third-order valence-electron chi connectivity index (χ3n) is 4.11. The van der Waals surface area contributed by atoms with Crippen molar-refractivity contribution in [1.29, 1.82) is 0 Å². The van der Waals surface area contributed by atoms with Crippen molar-refractivity contribution in [2.45, 2.75) is 29.4 Å².